The molecule has 0 saturated heterocycles. The maximum Gasteiger partial charge on any atom is 0.252 e. The second-order valence-electron chi connectivity index (χ2n) is 4.04. The molecular formula is C13H18N6O2S2. The van der Waals surface area contributed by atoms with Crippen LogP contribution < -0.4 is 16.2 Å². The molecule has 3 N–H and O–H groups in total. The van der Waals surface area contributed by atoms with Gasteiger partial charge in [0.1, 0.15) is 5.82 Å². The molecule has 8 nitrogen and oxygen atoms in total. The molecule has 2 amide bonds. The van der Waals surface area contributed by atoms with Crippen molar-refractivity contribution in [1.82, 2.24) is 15.7 Å². The number of rotatable bonds is 11. The molecule has 23 heavy (non-hydrogen) atoms. The minimum absolute atomic E-state index is 0.154. The van der Waals surface area contributed by atoms with Crippen molar-refractivity contribution in [3.63, 3.8) is 0 Å². The zero-order valence-corrected chi connectivity index (χ0v) is 14.1. The predicted octanol–water partition coefficient (Wildman–Crippen LogP) is 1.34. The summed E-state index contributed by atoms with van der Waals surface area (Å²) < 4.78 is 0. The highest BCUT2D eigenvalue weighted by molar-refractivity contribution is 8.76. The van der Waals surface area contributed by atoms with E-state index in [2.05, 4.69) is 44.8 Å². The van der Waals surface area contributed by atoms with Crippen LogP contribution in [0.25, 0.3) is 0 Å². The third kappa shape index (κ3) is 8.21. The molecule has 0 spiro atoms. The van der Waals surface area contributed by atoms with Crippen LogP contribution in [0.1, 0.15) is 16.8 Å². The largest absolute Gasteiger partial charge is 0.351 e. The summed E-state index contributed by atoms with van der Waals surface area (Å²) in [6.45, 7) is 7.00. The fourth-order valence-electron chi connectivity index (χ4n) is 1.38. The topological polar surface area (TPSA) is 108 Å². The van der Waals surface area contributed by atoms with Crippen LogP contribution in [-0.4, -0.2) is 48.3 Å². The van der Waals surface area contributed by atoms with Gasteiger partial charge in [-0.3, -0.25) is 15.0 Å². The Kier molecular flexibility index (Phi) is 9.48. The van der Waals surface area contributed by atoms with E-state index in [-0.39, 0.29) is 11.8 Å². The standard InChI is InChI=1S/C13H18N6O2S2/c1-14-18-11-4-3-10(9-17-11)13(21)16-6-8-23-22-7-5-12(20)19-15-2/h3-4,9H,1-2,5-8H2,(H,16,21)(H,17,18)(H,19,20). The summed E-state index contributed by atoms with van der Waals surface area (Å²) in [7, 11) is 3.16. The third-order valence-electron chi connectivity index (χ3n) is 2.39. The number of hydrazone groups is 2. The molecule has 0 bridgehead atoms. The van der Waals surface area contributed by atoms with Crippen molar-refractivity contribution < 1.29 is 9.59 Å². The smallest absolute Gasteiger partial charge is 0.252 e. The summed E-state index contributed by atoms with van der Waals surface area (Å²) in [6.07, 6.45) is 1.85. The Morgan fingerprint density at radius 2 is 1.96 bits per heavy atom. The first-order valence-corrected chi connectivity index (χ1v) is 9.11. The van der Waals surface area contributed by atoms with Gasteiger partial charge in [-0.25, -0.2) is 10.4 Å². The number of pyridine rings is 1. The number of nitrogens with one attached hydrogen (secondary N) is 3. The molecule has 0 aliphatic carbocycles. The Morgan fingerprint density at radius 3 is 2.61 bits per heavy atom. The summed E-state index contributed by atoms with van der Waals surface area (Å²) >= 11 is 0. The number of nitrogens with zero attached hydrogens (tertiary/aromatic N) is 3. The third-order valence-corrected chi connectivity index (χ3v) is 4.80. The van der Waals surface area contributed by atoms with E-state index in [0.29, 0.717) is 30.1 Å². The lowest BCUT2D eigenvalue weighted by atomic mass is 10.2. The zero-order valence-electron chi connectivity index (χ0n) is 12.4. The van der Waals surface area contributed by atoms with Gasteiger partial charge in [0.15, 0.2) is 0 Å². The summed E-state index contributed by atoms with van der Waals surface area (Å²) in [5, 5.41) is 9.58. The van der Waals surface area contributed by atoms with Crippen molar-refractivity contribution in [2.75, 3.05) is 23.5 Å². The van der Waals surface area contributed by atoms with Crippen molar-refractivity contribution >= 4 is 52.7 Å². The van der Waals surface area contributed by atoms with Crippen molar-refractivity contribution in [2.45, 2.75) is 6.42 Å². The van der Waals surface area contributed by atoms with Crippen molar-refractivity contribution in [2.24, 2.45) is 10.2 Å². The van der Waals surface area contributed by atoms with Crippen LogP contribution in [0.4, 0.5) is 5.82 Å². The molecule has 1 aromatic heterocycles. The van der Waals surface area contributed by atoms with E-state index in [4.69, 9.17) is 0 Å². The number of aromatic nitrogens is 1. The van der Waals surface area contributed by atoms with Crippen LogP contribution in [0.5, 0.6) is 0 Å². The van der Waals surface area contributed by atoms with Crippen LogP contribution in [0.2, 0.25) is 0 Å². The number of hydrogen-bond acceptors (Lipinski definition) is 8. The van der Waals surface area contributed by atoms with Gasteiger partial charge in [-0.1, -0.05) is 21.6 Å². The van der Waals surface area contributed by atoms with Gasteiger partial charge in [0.2, 0.25) is 5.91 Å². The summed E-state index contributed by atoms with van der Waals surface area (Å²) in [5.41, 5.74) is 5.33. The fraction of sp³-hybridized carbons (Fsp3) is 0.308. The first-order chi connectivity index (χ1) is 11.2. The molecule has 0 fully saturated rings. The van der Waals surface area contributed by atoms with Gasteiger partial charge in [0.25, 0.3) is 5.91 Å². The Bertz CT molecular complexity index is 538. The highest BCUT2D eigenvalue weighted by Crippen LogP contribution is 2.21. The molecule has 0 aliphatic rings. The van der Waals surface area contributed by atoms with E-state index in [1.165, 1.54) is 6.20 Å². The summed E-state index contributed by atoms with van der Waals surface area (Å²) in [4.78, 5) is 27.0. The second-order valence-corrected chi connectivity index (χ2v) is 6.75. The maximum atomic E-state index is 11.9. The average Bonchev–Trinajstić information content (AvgIpc) is 2.55. The van der Waals surface area contributed by atoms with Gasteiger partial charge in [-0.15, -0.1) is 0 Å². The zero-order chi connectivity index (χ0) is 16.9. The maximum absolute atomic E-state index is 11.9. The number of hydrogen-bond donors (Lipinski definition) is 3. The highest BCUT2D eigenvalue weighted by atomic mass is 33.1. The molecule has 0 aliphatic heterocycles. The van der Waals surface area contributed by atoms with Crippen molar-refractivity contribution in [1.29, 1.82) is 0 Å². The molecule has 0 unspecified atom stereocenters. The SMILES string of the molecule is C=NNC(=O)CCSSCCNC(=O)c1ccc(NN=C)nc1. The molecule has 0 radical (unpaired) electrons. The lowest BCUT2D eigenvalue weighted by Crippen LogP contribution is -2.25. The van der Waals surface area contributed by atoms with Crippen molar-refractivity contribution in [3.8, 4) is 0 Å². The van der Waals surface area contributed by atoms with Gasteiger partial charge < -0.3 is 5.32 Å². The number of anilines is 1. The molecule has 10 heteroatoms. The summed E-state index contributed by atoms with van der Waals surface area (Å²) in [6, 6.07) is 3.31. The van der Waals surface area contributed by atoms with Crippen LogP contribution >= 0.6 is 21.6 Å². The molecular weight excluding hydrogens is 336 g/mol. The minimum Gasteiger partial charge on any atom is -0.351 e. The molecule has 1 heterocycles. The molecule has 124 valence electrons. The molecule has 0 atom stereocenters. The van der Waals surface area contributed by atoms with Gasteiger partial charge in [-0.05, 0) is 12.1 Å². The lowest BCUT2D eigenvalue weighted by molar-refractivity contribution is -0.120. The quantitative estimate of drug-likeness (QED) is 0.240. The van der Waals surface area contributed by atoms with Gasteiger partial charge >= 0.3 is 0 Å². The molecule has 0 aromatic carbocycles. The van der Waals surface area contributed by atoms with E-state index in [1.54, 1.807) is 33.7 Å². The normalized spacial score (nSPS) is 9.74. The van der Waals surface area contributed by atoms with Crippen LogP contribution in [0.3, 0.4) is 0 Å². The van der Waals surface area contributed by atoms with E-state index in [1.807, 2.05) is 0 Å². The lowest BCUT2D eigenvalue weighted by Gasteiger charge is -2.05. The number of carbonyl (C=O) groups is 2. The highest BCUT2D eigenvalue weighted by Gasteiger charge is 2.05. The molecule has 0 saturated carbocycles. The van der Waals surface area contributed by atoms with Gasteiger partial charge in [0.05, 0.1) is 5.56 Å². The number of carbonyl (C=O) groups excluding carboxylic acids is 2. The van der Waals surface area contributed by atoms with Crippen molar-refractivity contribution in [3.05, 3.63) is 23.9 Å². The van der Waals surface area contributed by atoms with E-state index >= 15 is 0 Å². The van der Waals surface area contributed by atoms with E-state index < -0.39 is 0 Å². The first kappa shape index (κ1) is 19.0. The van der Waals surface area contributed by atoms with Gasteiger partial charge in [0, 0.05) is 44.1 Å². The first-order valence-electron chi connectivity index (χ1n) is 6.62. The second kappa shape index (κ2) is 11.5. The monoisotopic (exact) mass is 354 g/mol. The van der Waals surface area contributed by atoms with Crippen LogP contribution in [0, 0.1) is 0 Å². The van der Waals surface area contributed by atoms with E-state index in [0.717, 1.165) is 5.75 Å². The minimum atomic E-state index is -0.183. The van der Waals surface area contributed by atoms with Gasteiger partial charge in [-0.2, -0.15) is 10.2 Å². The van der Waals surface area contributed by atoms with E-state index in [9.17, 15) is 9.59 Å². The Balaban J connectivity index is 2.13. The van der Waals surface area contributed by atoms with Crippen LogP contribution in [-0.2, 0) is 4.79 Å². The molecule has 1 aromatic rings. The average molecular weight is 354 g/mol. The summed E-state index contributed by atoms with van der Waals surface area (Å²) in [5.74, 6) is 1.61. The number of amides is 2. The fourth-order valence-corrected chi connectivity index (χ4v) is 3.28. The molecule has 1 rings (SSSR count). The Morgan fingerprint density at radius 1 is 1.17 bits per heavy atom. The Labute approximate surface area is 142 Å². The van der Waals surface area contributed by atoms with Crippen LogP contribution in [0.15, 0.2) is 28.5 Å². The Hall–Kier alpha value is -2.07. The predicted molar refractivity (Wildman–Crippen MR) is 97.0 cm³/mol.